The van der Waals surface area contributed by atoms with Gasteiger partial charge in [-0.25, -0.2) is 9.38 Å². The van der Waals surface area contributed by atoms with Crippen molar-refractivity contribution in [2.75, 3.05) is 9.80 Å². The Kier molecular flexibility index (Phi) is 6.72. The molecule has 0 aliphatic carbocycles. The van der Waals surface area contributed by atoms with Crippen molar-refractivity contribution in [3.8, 4) is 6.07 Å². The molecule has 9 heteroatoms. The number of anilines is 2. The number of aryl methyl sites for hydroxylation is 1. The number of allylic oxidation sites excluding steroid dienone is 2. The van der Waals surface area contributed by atoms with E-state index < -0.39 is 17.0 Å². The zero-order valence-corrected chi connectivity index (χ0v) is 20.8. The molecule has 34 heavy (non-hydrogen) atoms. The van der Waals surface area contributed by atoms with Gasteiger partial charge in [0.1, 0.15) is 23.6 Å². The summed E-state index contributed by atoms with van der Waals surface area (Å²) in [6.07, 6.45) is 4.11. The molecule has 0 radical (unpaired) electrons. The molecule has 178 valence electrons. The van der Waals surface area contributed by atoms with E-state index in [1.165, 1.54) is 16.7 Å². The Bertz CT molecular complexity index is 1280. The lowest BCUT2D eigenvalue weighted by Gasteiger charge is -2.42. The van der Waals surface area contributed by atoms with Crippen molar-refractivity contribution in [1.82, 2.24) is 4.57 Å². The Morgan fingerprint density at radius 3 is 2.44 bits per heavy atom. The first-order valence-electron chi connectivity index (χ1n) is 10.8. The van der Waals surface area contributed by atoms with Crippen molar-refractivity contribution >= 4 is 35.2 Å². The maximum absolute atomic E-state index is 15.3. The summed E-state index contributed by atoms with van der Waals surface area (Å²) in [4.78, 5) is 32.2. The van der Waals surface area contributed by atoms with Crippen molar-refractivity contribution in [2.24, 2.45) is 12.0 Å². The first kappa shape index (κ1) is 25.2. The molecule has 0 bridgehead atoms. The summed E-state index contributed by atoms with van der Waals surface area (Å²) in [6.45, 7) is 9.12. The minimum atomic E-state index is -1.02. The van der Waals surface area contributed by atoms with Crippen LogP contribution in [0.15, 0.2) is 47.2 Å². The molecule has 3 rings (SSSR count). The smallest absolute Gasteiger partial charge is 0.254 e. The number of aldehydes is 1. The van der Waals surface area contributed by atoms with E-state index in [-0.39, 0.29) is 16.4 Å². The molecule has 0 unspecified atom stereocenters. The van der Waals surface area contributed by atoms with E-state index in [2.05, 4.69) is 4.99 Å². The highest BCUT2D eigenvalue weighted by atomic mass is 35.5. The molecule has 1 amide bonds. The van der Waals surface area contributed by atoms with Crippen LogP contribution in [0.2, 0.25) is 5.02 Å². The van der Waals surface area contributed by atoms with E-state index in [4.69, 9.17) is 11.6 Å². The van der Waals surface area contributed by atoms with Crippen molar-refractivity contribution in [1.29, 1.82) is 5.26 Å². The number of hydrogen-bond acceptors (Lipinski definition) is 5. The van der Waals surface area contributed by atoms with Crippen LogP contribution in [0.3, 0.4) is 0 Å². The Balaban J connectivity index is 2.17. The highest BCUT2D eigenvalue weighted by molar-refractivity contribution is 6.32. The Morgan fingerprint density at radius 1 is 1.24 bits per heavy atom. The van der Waals surface area contributed by atoms with Gasteiger partial charge in [-0.2, -0.15) is 5.26 Å². The minimum absolute atomic E-state index is 0.0792. The van der Waals surface area contributed by atoms with Crippen LogP contribution in [-0.2, 0) is 16.6 Å². The maximum Gasteiger partial charge on any atom is 0.254 e. The molecule has 0 N–H and O–H groups in total. The van der Waals surface area contributed by atoms with Gasteiger partial charge in [0.2, 0.25) is 0 Å². The second kappa shape index (κ2) is 9.07. The van der Waals surface area contributed by atoms with Crippen LogP contribution in [0.4, 0.5) is 15.8 Å². The van der Waals surface area contributed by atoms with Crippen molar-refractivity contribution < 1.29 is 14.0 Å². The van der Waals surface area contributed by atoms with Gasteiger partial charge >= 0.3 is 0 Å². The van der Waals surface area contributed by atoms with Gasteiger partial charge in [-0.1, -0.05) is 18.5 Å². The topological polar surface area (TPSA) is 81.7 Å². The summed E-state index contributed by atoms with van der Waals surface area (Å²) >= 11 is 6.24. The van der Waals surface area contributed by atoms with Crippen LogP contribution in [0, 0.1) is 17.1 Å². The molecule has 1 fully saturated rings. The molecule has 1 aliphatic rings. The fourth-order valence-corrected chi connectivity index (χ4v) is 4.79. The zero-order valence-electron chi connectivity index (χ0n) is 20.1. The average molecular weight is 484 g/mol. The van der Waals surface area contributed by atoms with Crippen LogP contribution in [-0.4, -0.2) is 28.0 Å². The molecule has 1 aliphatic heterocycles. The van der Waals surface area contributed by atoms with E-state index in [0.29, 0.717) is 35.3 Å². The summed E-state index contributed by atoms with van der Waals surface area (Å²) in [5.41, 5.74) is -0.0429. The van der Waals surface area contributed by atoms with E-state index in [1.54, 1.807) is 50.2 Å². The van der Waals surface area contributed by atoms with Crippen LogP contribution in [0.25, 0.3) is 0 Å². The van der Waals surface area contributed by atoms with Gasteiger partial charge in [0.25, 0.3) is 5.91 Å². The first-order chi connectivity index (χ1) is 15.9. The number of nitriles is 1. The zero-order chi connectivity index (χ0) is 25.4. The number of nitrogens with zero attached hydrogens (tertiary/aromatic N) is 5. The molecule has 1 saturated heterocycles. The third kappa shape index (κ3) is 4.12. The molecule has 2 aromatic rings. The molecule has 7 nitrogen and oxygen atoms in total. The number of halogens is 2. The van der Waals surface area contributed by atoms with Gasteiger partial charge in [-0.3, -0.25) is 14.5 Å². The van der Waals surface area contributed by atoms with Crippen molar-refractivity contribution in [3.05, 3.63) is 64.1 Å². The quantitative estimate of drug-likeness (QED) is 0.464. The normalized spacial score (nSPS) is 17.8. The van der Waals surface area contributed by atoms with E-state index in [0.717, 1.165) is 0 Å². The number of aromatic nitrogens is 1. The molecule has 0 saturated carbocycles. The summed E-state index contributed by atoms with van der Waals surface area (Å²) in [5, 5.41) is 9.44. The number of amides is 1. The third-order valence-corrected chi connectivity index (χ3v) is 6.30. The second-order valence-electron chi connectivity index (χ2n) is 9.05. The van der Waals surface area contributed by atoms with Crippen LogP contribution >= 0.6 is 11.6 Å². The minimum Gasteiger partial charge on any atom is -0.333 e. The number of hydrogen-bond donors (Lipinski definition) is 0. The fourth-order valence-electron chi connectivity index (χ4n) is 4.57. The van der Waals surface area contributed by atoms with Crippen molar-refractivity contribution in [2.45, 2.75) is 52.2 Å². The molecular formula is C25H27ClFN5O2. The second-order valence-corrected chi connectivity index (χ2v) is 9.45. The number of benzene rings is 1. The fraction of sp³-hybridized carbons (Fsp3) is 0.360. The van der Waals surface area contributed by atoms with Gasteiger partial charge in [-0.15, -0.1) is 0 Å². The van der Waals surface area contributed by atoms with Gasteiger partial charge in [0, 0.05) is 30.7 Å². The lowest BCUT2D eigenvalue weighted by molar-refractivity contribution is -0.120. The summed E-state index contributed by atoms with van der Waals surface area (Å²) < 4.78 is 16.8. The lowest BCUT2D eigenvalue weighted by atomic mass is 10.0. The SMILES string of the molecule is CCC(=C/C=O)/N=c1/c(F)cc(N2C(C)(C)C(=O)N(c3ccc(C#N)c(Cl)c3)C2(C)C)cn1C. The molecule has 0 spiro atoms. The molecule has 1 aromatic carbocycles. The van der Waals surface area contributed by atoms with Crippen LogP contribution < -0.4 is 15.3 Å². The molecular weight excluding hydrogens is 457 g/mol. The standard InChI is InChI=1S/C25H27ClFN5O2/c1-7-17(10-11-33)29-22-21(27)13-19(15-30(22)6)32-24(2,3)23(34)31(25(32,4)5)18-9-8-16(14-28)20(26)12-18/h8-13,15H,7H2,1-6H3/b17-10-,29-22-. The molecule has 1 aromatic heterocycles. The van der Waals surface area contributed by atoms with Gasteiger partial charge in [-0.05, 0) is 58.4 Å². The number of pyridine rings is 1. The van der Waals surface area contributed by atoms with Crippen LogP contribution in [0.5, 0.6) is 0 Å². The van der Waals surface area contributed by atoms with E-state index >= 15 is 4.39 Å². The molecule has 2 heterocycles. The summed E-state index contributed by atoms with van der Waals surface area (Å²) in [5.74, 6) is -0.776. The Morgan fingerprint density at radius 2 is 1.91 bits per heavy atom. The Labute approximate surface area is 203 Å². The maximum atomic E-state index is 15.3. The largest absolute Gasteiger partial charge is 0.333 e. The summed E-state index contributed by atoms with van der Waals surface area (Å²) in [7, 11) is 1.66. The van der Waals surface area contributed by atoms with Gasteiger partial charge in [0.15, 0.2) is 11.3 Å². The van der Waals surface area contributed by atoms with E-state index in [1.807, 2.05) is 31.7 Å². The van der Waals surface area contributed by atoms with Gasteiger partial charge < -0.3 is 9.47 Å². The highest BCUT2D eigenvalue weighted by Gasteiger charge is 2.57. The highest BCUT2D eigenvalue weighted by Crippen LogP contribution is 2.44. The number of rotatable bonds is 5. The number of carbonyl (C=O) groups excluding carboxylic acids is 2. The monoisotopic (exact) mass is 483 g/mol. The number of carbonyl (C=O) groups is 2. The summed E-state index contributed by atoms with van der Waals surface area (Å²) in [6, 6.07) is 8.21. The first-order valence-corrected chi connectivity index (χ1v) is 11.2. The van der Waals surface area contributed by atoms with Crippen molar-refractivity contribution in [3.63, 3.8) is 0 Å². The average Bonchev–Trinajstić information content (AvgIpc) is 2.89. The molecule has 0 atom stereocenters. The lowest BCUT2D eigenvalue weighted by Crippen LogP contribution is -2.53. The predicted octanol–water partition coefficient (Wildman–Crippen LogP) is 4.45. The van der Waals surface area contributed by atoms with Gasteiger partial charge in [0.05, 0.1) is 16.3 Å². The predicted molar refractivity (Wildman–Crippen MR) is 130 cm³/mol. The van der Waals surface area contributed by atoms with Crippen LogP contribution in [0.1, 0.15) is 46.6 Å². The third-order valence-electron chi connectivity index (χ3n) is 5.99. The van der Waals surface area contributed by atoms with E-state index in [9.17, 15) is 14.9 Å². The Hall–Kier alpha value is -3.44.